The van der Waals surface area contributed by atoms with E-state index in [1.807, 2.05) is 24.5 Å². The normalized spacial score (nSPS) is 13.3. The Labute approximate surface area is 198 Å². The molecule has 0 spiro atoms. The molecular weight excluding hydrogens is 404 g/mol. The molecule has 33 heavy (non-hydrogen) atoms. The standard InChI is InChI=1S/C29H34N4/c1-5-32(6-2)25-13-9-22(10-14-25)27-21-28(23-17-19-30-20-18-23)31-29(27)24-11-15-26(16-12-24)33(7-3)8-4/h9-20H,5-8,21H2,1-4H3. The van der Waals surface area contributed by atoms with Crippen LogP contribution in [0.4, 0.5) is 11.4 Å². The van der Waals surface area contributed by atoms with Crippen molar-refractivity contribution in [2.75, 3.05) is 36.0 Å². The fourth-order valence-electron chi connectivity index (χ4n) is 4.56. The van der Waals surface area contributed by atoms with Gasteiger partial charge in [-0.25, -0.2) is 0 Å². The minimum atomic E-state index is 0.821. The van der Waals surface area contributed by atoms with Gasteiger partial charge >= 0.3 is 0 Å². The predicted molar refractivity (Wildman–Crippen MR) is 142 cm³/mol. The van der Waals surface area contributed by atoms with Crippen molar-refractivity contribution in [1.82, 2.24) is 4.98 Å². The van der Waals surface area contributed by atoms with Crippen LogP contribution in [0.1, 0.15) is 50.8 Å². The van der Waals surface area contributed by atoms with Gasteiger partial charge in [-0.3, -0.25) is 9.98 Å². The lowest BCUT2D eigenvalue weighted by Crippen LogP contribution is -2.21. The molecule has 0 unspecified atom stereocenters. The molecule has 4 nitrogen and oxygen atoms in total. The van der Waals surface area contributed by atoms with E-state index in [0.717, 1.165) is 55.1 Å². The summed E-state index contributed by atoms with van der Waals surface area (Å²) in [7, 11) is 0. The molecule has 3 aromatic rings. The Hall–Kier alpha value is -3.40. The summed E-state index contributed by atoms with van der Waals surface area (Å²) in [6.07, 6.45) is 4.50. The van der Waals surface area contributed by atoms with Crippen molar-refractivity contribution in [1.29, 1.82) is 0 Å². The highest BCUT2D eigenvalue weighted by Crippen LogP contribution is 2.38. The largest absolute Gasteiger partial charge is 0.372 e. The van der Waals surface area contributed by atoms with Gasteiger partial charge < -0.3 is 9.80 Å². The molecule has 2 heterocycles. The molecule has 4 heteroatoms. The van der Waals surface area contributed by atoms with E-state index in [1.165, 1.54) is 22.5 Å². The highest BCUT2D eigenvalue weighted by atomic mass is 15.1. The van der Waals surface area contributed by atoms with E-state index < -0.39 is 0 Å². The summed E-state index contributed by atoms with van der Waals surface area (Å²) in [5, 5.41) is 0. The molecule has 0 aliphatic carbocycles. The maximum Gasteiger partial charge on any atom is 0.0747 e. The first-order valence-corrected chi connectivity index (χ1v) is 12.1. The Bertz CT molecular complexity index is 1100. The monoisotopic (exact) mass is 438 g/mol. The van der Waals surface area contributed by atoms with Crippen molar-refractivity contribution >= 4 is 28.4 Å². The number of hydrogen-bond acceptors (Lipinski definition) is 4. The minimum absolute atomic E-state index is 0.821. The second-order valence-corrected chi connectivity index (χ2v) is 8.24. The minimum Gasteiger partial charge on any atom is -0.372 e. The number of nitrogens with zero attached hydrogens (tertiary/aromatic N) is 4. The van der Waals surface area contributed by atoms with Crippen LogP contribution in [0.5, 0.6) is 0 Å². The number of allylic oxidation sites excluding steroid dienone is 1. The summed E-state index contributed by atoms with van der Waals surface area (Å²) in [5.74, 6) is 0. The molecular formula is C29H34N4. The fourth-order valence-corrected chi connectivity index (χ4v) is 4.56. The van der Waals surface area contributed by atoms with Gasteiger partial charge in [-0.1, -0.05) is 24.3 Å². The zero-order chi connectivity index (χ0) is 23.2. The molecule has 0 radical (unpaired) electrons. The second kappa shape index (κ2) is 10.5. The second-order valence-electron chi connectivity index (χ2n) is 8.24. The van der Waals surface area contributed by atoms with Crippen LogP contribution in [0.15, 0.2) is 78.0 Å². The third-order valence-electron chi connectivity index (χ3n) is 6.50. The fraction of sp³-hybridized carbons (Fsp3) is 0.310. The molecule has 2 aromatic carbocycles. The lowest BCUT2D eigenvalue weighted by Gasteiger charge is -2.21. The SMILES string of the molecule is CCN(CC)c1ccc(C2=C(c3ccc(N(CC)CC)cc3)N=C(c3ccncc3)C2)cc1. The summed E-state index contributed by atoms with van der Waals surface area (Å²) in [5.41, 5.74) is 9.51. The molecule has 1 aliphatic rings. The molecule has 0 saturated carbocycles. The topological polar surface area (TPSA) is 31.7 Å². The highest BCUT2D eigenvalue weighted by molar-refractivity contribution is 6.16. The van der Waals surface area contributed by atoms with Crippen LogP contribution in [0.25, 0.3) is 11.3 Å². The zero-order valence-corrected chi connectivity index (χ0v) is 20.3. The number of anilines is 2. The van der Waals surface area contributed by atoms with Gasteiger partial charge in [0.1, 0.15) is 0 Å². The van der Waals surface area contributed by atoms with E-state index in [1.54, 1.807) is 0 Å². The maximum absolute atomic E-state index is 5.14. The molecule has 0 bridgehead atoms. The Morgan fingerprint density at radius 3 is 1.58 bits per heavy atom. The van der Waals surface area contributed by atoms with Crippen LogP contribution in [0.2, 0.25) is 0 Å². The third-order valence-corrected chi connectivity index (χ3v) is 6.50. The van der Waals surface area contributed by atoms with Crippen molar-refractivity contribution < 1.29 is 0 Å². The van der Waals surface area contributed by atoms with Crippen molar-refractivity contribution in [3.63, 3.8) is 0 Å². The number of rotatable bonds is 9. The van der Waals surface area contributed by atoms with Gasteiger partial charge in [-0.2, -0.15) is 0 Å². The quantitative estimate of drug-likeness (QED) is 0.380. The van der Waals surface area contributed by atoms with Gasteiger partial charge in [0.25, 0.3) is 0 Å². The van der Waals surface area contributed by atoms with E-state index in [2.05, 4.69) is 91.0 Å². The molecule has 0 amide bonds. The van der Waals surface area contributed by atoms with Crippen molar-refractivity contribution in [3.05, 3.63) is 89.7 Å². The Morgan fingerprint density at radius 2 is 1.09 bits per heavy atom. The van der Waals surface area contributed by atoms with Gasteiger partial charge in [0.2, 0.25) is 0 Å². The number of aromatic nitrogens is 1. The van der Waals surface area contributed by atoms with Gasteiger partial charge in [-0.05, 0) is 80.8 Å². The van der Waals surface area contributed by atoms with E-state index in [0.29, 0.717) is 0 Å². The van der Waals surface area contributed by atoms with E-state index in [-0.39, 0.29) is 0 Å². The van der Waals surface area contributed by atoms with Gasteiger partial charge in [0, 0.05) is 61.9 Å². The predicted octanol–water partition coefficient (Wildman–Crippen LogP) is 6.54. The average molecular weight is 439 g/mol. The van der Waals surface area contributed by atoms with Gasteiger partial charge in [0.15, 0.2) is 0 Å². The Balaban J connectivity index is 1.73. The lowest BCUT2D eigenvalue weighted by atomic mass is 9.96. The van der Waals surface area contributed by atoms with Gasteiger partial charge in [0.05, 0.1) is 11.4 Å². The molecule has 0 saturated heterocycles. The summed E-state index contributed by atoms with van der Waals surface area (Å²) < 4.78 is 0. The average Bonchev–Trinajstić information content (AvgIpc) is 3.32. The summed E-state index contributed by atoms with van der Waals surface area (Å²) in [4.78, 5) is 14.1. The lowest BCUT2D eigenvalue weighted by molar-refractivity contribution is 0.866. The molecule has 170 valence electrons. The molecule has 4 rings (SSSR count). The Morgan fingerprint density at radius 1 is 0.606 bits per heavy atom. The first kappa shape index (κ1) is 22.8. The summed E-state index contributed by atoms with van der Waals surface area (Å²) >= 11 is 0. The highest BCUT2D eigenvalue weighted by Gasteiger charge is 2.22. The maximum atomic E-state index is 5.14. The van der Waals surface area contributed by atoms with Crippen LogP contribution in [-0.2, 0) is 0 Å². The van der Waals surface area contributed by atoms with Gasteiger partial charge in [-0.15, -0.1) is 0 Å². The number of pyridine rings is 1. The third kappa shape index (κ3) is 4.85. The molecule has 0 N–H and O–H groups in total. The molecule has 0 fully saturated rings. The van der Waals surface area contributed by atoms with Crippen molar-refractivity contribution in [2.24, 2.45) is 4.99 Å². The van der Waals surface area contributed by atoms with E-state index >= 15 is 0 Å². The molecule has 1 aromatic heterocycles. The zero-order valence-electron chi connectivity index (χ0n) is 20.3. The number of hydrogen-bond donors (Lipinski definition) is 0. The van der Waals surface area contributed by atoms with E-state index in [9.17, 15) is 0 Å². The van der Waals surface area contributed by atoms with Crippen molar-refractivity contribution in [2.45, 2.75) is 34.1 Å². The van der Waals surface area contributed by atoms with E-state index in [4.69, 9.17) is 4.99 Å². The van der Waals surface area contributed by atoms with Crippen LogP contribution in [-0.4, -0.2) is 36.9 Å². The van der Waals surface area contributed by atoms with Crippen LogP contribution >= 0.6 is 0 Å². The van der Waals surface area contributed by atoms with Crippen LogP contribution < -0.4 is 9.80 Å². The smallest absolute Gasteiger partial charge is 0.0747 e. The van der Waals surface area contributed by atoms with Crippen LogP contribution in [0, 0.1) is 0 Å². The summed E-state index contributed by atoms with van der Waals surface area (Å²) in [6, 6.07) is 21.9. The first-order valence-electron chi connectivity index (χ1n) is 12.1. The van der Waals surface area contributed by atoms with Crippen molar-refractivity contribution in [3.8, 4) is 0 Å². The first-order chi connectivity index (χ1) is 16.2. The number of aliphatic imine (C=N–C) groups is 1. The molecule has 1 aliphatic heterocycles. The Kier molecular flexibility index (Phi) is 7.23. The van der Waals surface area contributed by atoms with Crippen LogP contribution in [0.3, 0.4) is 0 Å². The summed E-state index contributed by atoms with van der Waals surface area (Å²) in [6.45, 7) is 12.8. The molecule has 0 atom stereocenters. The number of benzene rings is 2.